The molecule has 2 aromatic rings. The van der Waals surface area contributed by atoms with E-state index in [0.717, 1.165) is 12.8 Å². The lowest BCUT2D eigenvalue weighted by Crippen LogP contribution is -2.35. The summed E-state index contributed by atoms with van der Waals surface area (Å²) >= 11 is 0. The quantitative estimate of drug-likeness (QED) is 0.882. The predicted octanol–water partition coefficient (Wildman–Crippen LogP) is 2.13. The maximum atomic E-state index is 13.4. The number of carbonyl (C=O) groups is 1. The van der Waals surface area contributed by atoms with Gasteiger partial charge in [-0.15, -0.1) is 10.2 Å². The number of amides is 1. The molecule has 1 heterocycles. The summed E-state index contributed by atoms with van der Waals surface area (Å²) in [6, 6.07) is 5.09. The topological polar surface area (TPSA) is 85.2 Å². The van der Waals surface area contributed by atoms with Gasteiger partial charge >= 0.3 is 0 Å². The number of primary amides is 1. The number of carbonyl (C=O) groups excluding carboxylic acids is 1. The second-order valence-electron chi connectivity index (χ2n) is 5.94. The molecule has 1 atom stereocenters. The maximum Gasteiger partial charge on any atom is 0.239 e. The highest BCUT2D eigenvalue weighted by Gasteiger charge is 2.27. The molecule has 1 aliphatic carbocycles. The average molecular weight is 318 g/mol. The fourth-order valence-corrected chi connectivity index (χ4v) is 2.77. The van der Waals surface area contributed by atoms with Crippen LogP contribution in [-0.4, -0.2) is 28.1 Å². The van der Waals surface area contributed by atoms with Crippen molar-refractivity contribution in [2.45, 2.75) is 37.8 Å². The predicted molar refractivity (Wildman–Crippen MR) is 80.7 cm³/mol. The molecule has 122 valence electrons. The van der Waals surface area contributed by atoms with Gasteiger partial charge in [-0.25, -0.2) is 4.39 Å². The standard InChI is InChI=1S/C16H19FN4O2/c1-21(9-13-19-20-16(23-13)10-4-2-5-10)14(15(18)22)11-6-3-7-12(17)8-11/h3,6-8,10,14H,2,4-5,9H2,1H3,(H2,18,22)/t14-/m0/s1. The van der Waals surface area contributed by atoms with Crippen molar-refractivity contribution in [1.29, 1.82) is 0 Å². The molecule has 1 aliphatic rings. The smallest absolute Gasteiger partial charge is 0.239 e. The molecule has 0 aliphatic heterocycles. The SMILES string of the molecule is CN(Cc1nnc(C2CCC2)o1)[C@H](C(N)=O)c1cccc(F)c1. The molecule has 23 heavy (non-hydrogen) atoms. The second-order valence-corrected chi connectivity index (χ2v) is 5.94. The third-order valence-electron chi connectivity index (χ3n) is 4.20. The molecule has 1 amide bonds. The summed E-state index contributed by atoms with van der Waals surface area (Å²) in [5.74, 6) is 0.471. The van der Waals surface area contributed by atoms with E-state index in [9.17, 15) is 9.18 Å². The number of likely N-dealkylation sites (N-methyl/N-ethyl adjacent to an activating group) is 1. The summed E-state index contributed by atoms with van der Waals surface area (Å²) in [6.45, 7) is 0.268. The molecular weight excluding hydrogens is 299 g/mol. The molecule has 7 heteroatoms. The summed E-state index contributed by atoms with van der Waals surface area (Å²) in [7, 11) is 1.72. The first-order valence-electron chi connectivity index (χ1n) is 7.62. The molecule has 6 nitrogen and oxygen atoms in total. The molecule has 0 radical (unpaired) electrons. The molecule has 0 saturated heterocycles. The van der Waals surface area contributed by atoms with Crippen LogP contribution in [0, 0.1) is 5.82 Å². The van der Waals surface area contributed by atoms with Gasteiger partial charge in [-0.3, -0.25) is 9.69 Å². The Morgan fingerprint density at radius 3 is 2.87 bits per heavy atom. The second kappa shape index (κ2) is 6.45. The van der Waals surface area contributed by atoms with Crippen molar-refractivity contribution >= 4 is 5.91 Å². The summed E-state index contributed by atoms with van der Waals surface area (Å²) in [5, 5.41) is 8.09. The van der Waals surface area contributed by atoms with Gasteiger partial charge in [0.2, 0.25) is 17.7 Å². The Balaban J connectivity index is 1.74. The molecule has 0 bridgehead atoms. The summed E-state index contributed by atoms with van der Waals surface area (Å²) in [6.07, 6.45) is 3.33. The van der Waals surface area contributed by atoms with E-state index in [1.165, 1.54) is 18.6 Å². The van der Waals surface area contributed by atoms with Crippen molar-refractivity contribution in [2.24, 2.45) is 5.73 Å². The van der Waals surface area contributed by atoms with E-state index in [0.29, 0.717) is 23.3 Å². The van der Waals surface area contributed by atoms with E-state index in [1.807, 2.05) is 0 Å². The lowest BCUT2D eigenvalue weighted by atomic mass is 9.85. The fourth-order valence-electron chi connectivity index (χ4n) is 2.77. The lowest BCUT2D eigenvalue weighted by Gasteiger charge is -2.24. The van der Waals surface area contributed by atoms with Crippen molar-refractivity contribution in [3.63, 3.8) is 0 Å². The highest BCUT2D eigenvalue weighted by molar-refractivity contribution is 5.81. The zero-order valence-electron chi connectivity index (χ0n) is 12.9. The Morgan fingerprint density at radius 1 is 1.48 bits per heavy atom. The Morgan fingerprint density at radius 2 is 2.26 bits per heavy atom. The van der Waals surface area contributed by atoms with Crippen molar-refractivity contribution in [2.75, 3.05) is 7.05 Å². The zero-order chi connectivity index (χ0) is 16.4. The molecule has 0 spiro atoms. The van der Waals surface area contributed by atoms with Crippen LogP contribution in [0.3, 0.4) is 0 Å². The first-order valence-corrected chi connectivity index (χ1v) is 7.62. The Kier molecular flexibility index (Phi) is 4.38. The molecule has 0 unspecified atom stereocenters. The number of nitrogens with zero attached hydrogens (tertiary/aromatic N) is 3. The van der Waals surface area contributed by atoms with Gasteiger partial charge in [0.25, 0.3) is 0 Å². The summed E-state index contributed by atoms with van der Waals surface area (Å²) in [5.41, 5.74) is 5.99. The van der Waals surface area contributed by atoms with Crippen LogP contribution in [0.4, 0.5) is 4.39 Å². The zero-order valence-corrected chi connectivity index (χ0v) is 12.9. The Labute approximate surface area is 133 Å². The molecule has 1 aromatic heterocycles. The highest BCUT2D eigenvalue weighted by atomic mass is 19.1. The minimum absolute atomic E-state index is 0.268. The van der Waals surface area contributed by atoms with E-state index in [-0.39, 0.29) is 6.54 Å². The van der Waals surface area contributed by atoms with Crippen molar-refractivity contribution in [1.82, 2.24) is 15.1 Å². The minimum Gasteiger partial charge on any atom is -0.424 e. The van der Waals surface area contributed by atoms with E-state index in [1.54, 1.807) is 24.1 Å². The third-order valence-corrected chi connectivity index (χ3v) is 4.20. The molecule has 3 rings (SSSR count). The van der Waals surface area contributed by atoms with Gasteiger partial charge in [0.05, 0.1) is 6.54 Å². The van der Waals surface area contributed by atoms with E-state index >= 15 is 0 Å². The first kappa shape index (κ1) is 15.6. The minimum atomic E-state index is -0.759. The third kappa shape index (κ3) is 3.39. The number of rotatable bonds is 6. The molecule has 2 N–H and O–H groups in total. The van der Waals surface area contributed by atoms with Crippen LogP contribution in [0.25, 0.3) is 0 Å². The number of hydrogen-bond acceptors (Lipinski definition) is 5. The average Bonchev–Trinajstić information content (AvgIpc) is 2.84. The van der Waals surface area contributed by atoms with Crippen LogP contribution >= 0.6 is 0 Å². The number of aromatic nitrogens is 2. The van der Waals surface area contributed by atoms with Crippen molar-refractivity contribution in [3.05, 3.63) is 47.4 Å². The number of hydrogen-bond donors (Lipinski definition) is 1. The fraction of sp³-hybridized carbons (Fsp3) is 0.438. The van der Waals surface area contributed by atoms with Gasteiger partial charge in [0, 0.05) is 5.92 Å². The van der Waals surface area contributed by atoms with Crippen LogP contribution in [0.5, 0.6) is 0 Å². The van der Waals surface area contributed by atoms with Crippen molar-refractivity contribution in [3.8, 4) is 0 Å². The molecule has 1 aromatic carbocycles. The van der Waals surface area contributed by atoms with Gasteiger partial charge in [-0.1, -0.05) is 18.6 Å². The lowest BCUT2D eigenvalue weighted by molar-refractivity contribution is -0.123. The number of benzene rings is 1. The maximum absolute atomic E-state index is 13.4. The largest absolute Gasteiger partial charge is 0.424 e. The van der Waals surface area contributed by atoms with Crippen molar-refractivity contribution < 1.29 is 13.6 Å². The Hall–Kier alpha value is -2.28. The number of nitrogens with two attached hydrogens (primary N) is 1. The van der Waals surface area contributed by atoms with Gasteiger partial charge in [0.1, 0.15) is 11.9 Å². The van der Waals surface area contributed by atoms with Gasteiger partial charge in [-0.2, -0.15) is 0 Å². The van der Waals surface area contributed by atoms with Gasteiger partial charge in [0.15, 0.2) is 0 Å². The van der Waals surface area contributed by atoms with Crippen LogP contribution in [-0.2, 0) is 11.3 Å². The van der Waals surface area contributed by atoms with Gasteiger partial charge < -0.3 is 10.2 Å². The van der Waals surface area contributed by atoms with Gasteiger partial charge in [-0.05, 0) is 37.6 Å². The van der Waals surface area contributed by atoms with E-state index in [2.05, 4.69) is 10.2 Å². The van der Waals surface area contributed by atoms with E-state index in [4.69, 9.17) is 10.2 Å². The number of halogens is 1. The van der Waals surface area contributed by atoms with Crippen LogP contribution in [0.1, 0.15) is 48.6 Å². The molecule has 1 fully saturated rings. The van der Waals surface area contributed by atoms with Crippen LogP contribution in [0.15, 0.2) is 28.7 Å². The summed E-state index contributed by atoms with van der Waals surface area (Å²) < 4.78 is 19.1. The first-order chi connectivity index (χ1) is 11.0. The van der Waals surface area contributed by atoms with Crippen LogP contribution < -0.4 is 5.73 Å². The van der Waals surface area contributed by atoms with Crippen LogP contribution in [0.2, 0.25) is 0 Å². The normalized spacial score (nSPS) is 16.3. The monoisotopic (exact) mass is 318 g/mol. The Bertz CT molecular complexity index is 699. The molecule has 1 saturated carbocycles. The highest BCUT2D eigenvalue weighted by Crippen LogP contribution is 2.35. The van der Waals surface area contributed by atoms with E-state index < -0.39 is 17.8 Å². The molecular formula is C16H19FN4O2. The summed E-state index contributed by atoms with van der Waals surface area (Å²) in [4.78, 5) is 13.5.